The van der Waals surface area contributed by atoms with Gasteiger partial charge in [-0.3, -0.25) is 9.36 Å². The first-order chi connectivity index (χ1) is 24.5. The van der Waals surface area contributed by atoms with Gasteiger partial charge in [-0.05, 0) is 44.9 Å². The van der Waals surface area contributed by atoms with E-state index in [1.54, 1.807) is 0 Å². The number of phosphoric ester groups is 1. The molecule has 8 nitrogen and oxygen atoms in total. The summed E-state index contributed by atoms with van der Waals surface area (Å²) in [5.41, 5.74) is 0. The molecule has 3 unspecified atom stereocenters. The molecule has 0 spiro atoms. The Morgan fingerprint density at radius 3 is 1.63 bits per heavy atom. The van der Waals surface area contributed by atoms with Gasteiger partial charge in [-0.15, -0.1) is 0 Å². The lowest BCUT2D eigenvalue weighted by Crippen LogP contribution is -2.46. The molecule has 51 heavy (non-hydrogen) atoms. The van der Waals surface area contributed by atoms with Crippen molar-refractivity contribution in [3.63, 3.8) is 0 Å². The Morgan fingerprint density at radius 1 is 0.686 bits per heavy atom. The molecule has 2 N–H and O–H groups in total. The summed E-state index contributed by atoms with van der Waals surface area (Å²) in [6, 6.07) is -0.794. The van der Waals surface area contributed by atoms with Crippen LogP contribution in [0.1, 0.15) is 187 Å². The molecular weight excluding hydrogens is 659 g/mol. The van der Waals surface area contributed by atoms with E-state index in [-0.39, 0.29) is 19.1 Å². The molecule has 1 amide bonds. The molecule has 0 aromatic rings. The number of quaternary nitrogens is 1. The molecule has 0 aromatic heterocycles. The van der Waals surface area contributed by atoms with Gasteiger partial charge in [-0.1, -0.05) is 160 Å². The van der Waals surface area contributed by atoms with Gasteiger partial charge in [-0.25, -0.2) is 0 Å². The van der Waals surface area contributed by atoms with Crippen LogP contribution < -0.4 is 10.2 Å². The molecule has 9 heteroatoms. The second-order valence-electron chi connectivity index (χ2n) is 15.7. The van der Waals surface area contributed by atoms with Crippen LogP contribution in [0.15, 0.2) is 24.3 Å². The molecule has 0 rings (SSSR count). The fourth-order valence-electron chi connectivity index (χ4n) is 6.01. The summed E-state index contributed by atoms with van der Waals surface area (Å²) in [4.78, 5) is 25.0. The number of nitrogens with one attached hydrogen (secondary N) is 1. The number of carbonyl (C=O) groups excluding carboxylic acids is 1. The molecule has 302 valence electrons. The maximum atomic E-state index is 12.7. The summed E-state index contributed by atoms with van der Waals surface area (Å²) >= 11 is 0. The van der Waals surface area contributed by atoms with E-state index in [1.165, 1.54) is 109 Å². The van der Waals surface area contributed by atoms with Crippen LogP contribution >= 0.6 is 7.82 Å². The quantitative estimate of drug-likeness (QED) is 0.0282. The zero-order valence-electron chi connectivity index (χ0n) is 34.1. The van der Waals surface area contributed by atoms with Crippen LogP contribution in [0.2, 0.25) is 0 Å². The normalized spacial score (nSPS) is 14.7. The Morgan fingerprint density at radius 2 is 1.14 bits per heavy atom. The van der Waals surface area contributed by atoms with E-state index in [0.717, 1.165) is 51.4 Å². The average Bonchev–Trinajstić information content (AvgIpc) is 3.07. The number of hydrogen-bond donors (Lipinski definition) is 2. The fraction of sp³-hybridized carbons (Fsp3) is 0.881. The van der Waals surface area contributed by atoms with E-state index in [4.69, 9.17) is 9.05 Å². The number of phosphoric acid groups is 1. The van der Waals surface area contributed by atoms with E-state index in [9.17, 15) is 19.4 Å². The van der Waals surface area contributed by atoms with Gasteiger partial charge in [-0.2, -0.15) is 0 Å². The van der Waals surface area contributed by atoms with Gasteiger partial charge in [0.1, 0.15) is 13.2 Å². The van der Waals surface area contributed by atoms with Crippen LogP contribution in [0.25, 0.3) is 0 Å². The Labute approximate surface area is 315 Å². The first kappa shape index (κ1) is 50.0. The largest absolute Gasteiger partial charge is 0.756 e. The lowest BCUT2D eigenvalue weighted by Gasteiger charge is -2.30. The number of aliphatic hydroxyl groups excluding tert-OH is 1. The molecule has 0 aliphatic rings. The molecule has 0 saturated heterocycles. The van der Waals surface area contributed by atoms with Crippen molar-refractivity contribution in [2.45, 2.75) is 199 Å². The van der Waals surface area contributed by atoms with Crippen molar-refractivity contribution < 1.29 is 32.9 Å². The van der Waals surface area contributed by atoms with E-state index in [2.05, 4.69) is 43.5 Å². The molecule has 0 radical (unpaired) electrons. The average molecular weight is 743 g/mol. The molecule has 0 aromatic carbocycles. The highest BCUT2D eigenvalue weighted by Crippen LogP contribution is 2.38. The molecule has 0 saturated carbocycles. The zero-order valence-corrected chi connectivity index (χ0v) is 35.0. The number of carbonyl (C=O) groups is 1. The molecule has 0 fully saturated rings. The van der Waals surface area contributed by atoms with E-state index in [0.29, 0.717) is 23.9 Å². The topological polar surface area (TPSA) is 108 Å². The van der Waals surface area contributed by atoms with Gasteiger partial charge in [0, 0.05) is 6.42 Å². The van der Waals surface area contributed by atoms with Crippen LogP contribution in [-0.2, 0) is 18.4 Å². The minimum Gasteiger partial charge on any atom is -0.756 e. The zero-order chi connectivity index (χ0) is 37.9. The number of hydrogen-bond acceptors (Lipinski definition) is 6. The highest BCUT2D eigenvalue weighted by molar-refractivity contribution is 7.45. The first-order valence-electron chi connectivity index (χ1n) is 21.2. The van der Waals surface area contributed by atoms with Crippen LogP contribution in [0.3, 0.4) is 0 Å². The van der Waals surface area contributed by atoms with Gasteiger partial charge in [0.25, 0.3) is 7.82 Å². The van der Waals surface area contributed by atoms with Gasteiger partial charge in [0.2, 0.25) is 5.91 Å². The van der Waals surface area contributed by atoms with Crippen molar-refractivity contribution in [2.75, 3.05) is 40.9 Å². The number of unbranched alkanes of at least 4 members (excludes halogenated alkanes) is 21. The number of rotatable bonds is 38. The van der Waals surface area contributed by atoms with E-state index in [1.807, 2.05) is 21.1 Å². The van der Waals surface area contributed by atoms with Gasteiger partial charge < -0.3 is 28.8 Å². The maximum Gasteiger partial charge on any atom is 0.268 e. The Kier molecular flexibility index (Phi) is 34.0. The predicted octanol–water partition coefficient (Wildman–Crippen LogP) is 10.7. The number of aliphatic hydroxyl groups is 1. The summed E-state index contributed by atoms with van der Waals surface area (Å²) < 4.78 is 23.0. The number of allylic oxidation sites excluding steroid dienone is 4. The number of nitrogens with zero attached hydrogens (tertiary/aromatic N) is 1. The monoisotopic (exact) mass is 743 g/mol. The van der Waals surface area contributed by atoms with Gasteiger partial charge in [0.05, 0.1) is 39.9 Å². The third-order valence-corrected chi connectivity index (χ3v) is 10.4. The summed E-state index contributed by atoms with van der Waals surface area (Å²) in [6.45, 7) is 4.58. The highest BCUT2D eigenvalue weighted by Gasteiger charge is 2.24. The summed E-state index contributed by atoms with van der Waals surface area (Å²) in [5, 5.41) is 13.6. The van der Waals surface area contributed by atoms with Crippen LogP contribution in [-0.4, -0.2) is 68.5 Å². The number of amides is 1. The van der Waals surface area contributed by atoms with Gasteiger partial charge >= 0.3 is 0 Å². The maximum absolute atomic E-state index is 12.7. The van der Waals surface area contributed by atoms with Crippen molar-refractivity contribution >= 4 is 13.7 Å². The second-order valence-corrected chi connectivity index (χ2v) is 17.1. The summed E-state index contributed by atoms with van der Waals surface area (Å²) in [7, 11) is 1.30. The standard InChI is InChI=1S/C42H83N2O6P/c1-6-8-10-12-13-14-15-16-17-18-19-20-21-22-23-24-25-26-27-28-29-30-31-32-34-36-42(46)43-40(41(45)35-33-11-9-7-2)39-50-51(47,48)49-38-37-44(3,4)5/h15-16,18-19,40-41,45H,6-14,17,20-39H2,1-5H3,(H-,43,46,47,48)/b16-15-,19-18-. The van der Waals surface area contributed by atoms with Crippen molar-refractivity contribution in [1.29, 1.82) is 0 Å². The molecule has 0 aliphatic heterocycles. The predicted molar refractivity (Wildman–Crippen MR) is 215 cm³/mol. The minimum absolute atomic E-state index is 0.0114. The molecule has 0 aliphatic carbocycles. The Bertz CT molecular complexity index is 891. The second kappa shape index (κ2) is 34.7. The van der Waals surface area contributed by atoms with E-state index < -0.39 is 20.0 Å². The summed E-state index contributed by atoms with van der Waals surface area (Å²) in [5.74, 6) is -0.175. The molecular formula is C42H83N2O6P. The third-order valence-electron chi connectivity index (χ3n) is 9.44. The van der Waals surface area contributed by atoms with Crippen LogP contribution in [0.5, 0.6) is 0 Å². The summed E-state index contributed by atoms with van der Waals surface area (Å²) in [6.07, 6.45) is 39.6. The molecule has 0 bridgehead atoms. The fourth-order valence-corrected chi connectivity index (χ4v) is 6.73. The van der Waals surface area contributed by atoms with Crippen molar-refractivity contribution in [3.8, 4) is 0 Å². The van der Waals surface area contributed by atoms with Gasteiger partial charge in [0.15, 0.2) is 0 Å². The lowest BCUT2D eigenvalue weighted by atomic mass is 10.0. The van der Waals surface area contributed by atoms with Crippen molar-refractivity contribution in [1.82, 2.24) is 5.32 Å². The Balaban J connectivity index is 3.94. The molecule has 3 atom stereocenters. The van der Waals surface area contributed by atoms with Crippen LogP contribution in [0, 0.1) is 0 Å². The third kappa shape index (κ3) is 37.1. The van der Waals surface area contributed by atoms with Crippen LogP contribution in [0.4, 0.5) is 0 Å². The van der Waals surface area contributed by atoms with E-state index >= 15 is 0 Å². The van der Waals surface area contributed by atoms with Crippen molar-refractivity contribution in [3.05, 3.63) is 24.3 Å². The smallest absolute Gasteiger partial charge is 0.268 e. The minimum atomic E-state index is -4.54. The lowest BCUT2D eigenvalue weighted by molar-refractivity contribution is -0.870. The first-order valence-corrected chi connectivity index (χ1v) is 22.6. The number of likely N-dealkylation sites (N-methyl/N-ethyl adjacent to an activating group) is 1. The Hall–Kier alpha value is -1.02. The van der Waals surface area contributed by atoms with Crippen molar-refractivity contribution in [2.24, 2.45) is 0 Å². The molecule has 0 heterocycles. The highest BCUT2D eigenvalue weighted by atomic mass is 31.2. The SMILES string of the molecule is CCCCCCC/C=C\C/C=C\CCCCCCCCCCCCCCCC(=O)NC(COP(=O)([O-])OCC[N+](C)(C)C)C(O)CCCCCC.